The minimum absolute atomic E-state index is 0.0657. The maximum atomic E-state index is 14.7. The van der Waals surface area contributed by atoms with Gasteiger partial charge < -0.3 is 14.0 Å². The van der Waals surface area contributed by atoms with Crippen LogP contribution in [0.4, 0.5) is 22.0 Å². The number of para-hydroxylation sites is 1. The van der Waals surface area contributed by atoms with Gasteiger partial charge in [0.1, 0.15) is 5.65 Å². The molecule has 6 nitrogen and oxygen atoms in total. The Labute approximate surface area is 203 Å². The molecule has 36 heavy (non-hydrogen) atoms. The summed E-state index contributed by atoms with van der Waals surface area (Å²) in [6.07, 6.45) is -3.59. The van der Waals surface area contributed by atoms with Gasteiger partial charge in [-0.25, -0.2) is 18.7 Å². The Kier molecular flexibility index (Phi) is 6.83. The molecular formula is C25H23F5N4O2. The molecular weight excluding hydrogens is 483 g/mol. The number of nitrogens with zero attached hydrogens (tertiary/aromatic N) is 4. The smallest absolute Gasteiger partial charge is 0.417 e. The number of pyridine rings is 2. The highest BCUT2D eigenvalue weighted by Crippen LogP contribution is 2.36. The van der Waals surface area contributed by atoms with E-state index in [9.17, 15) is 26.7 Å². The fourth-order valence-corrected chi connectivity index (χ4v) is 4.03. The molecule has 3 aromatic heterocycles. The van der Waals surface area contributed by atoms with Gasteiger partial charge in [-0.15, -0.1) is 0 Å². The van der Waals surface area contributed by atoms with Gasteiger partial charge in [0.15, 0.2) is 6.10 Å². The average molecular weight is 506 g/mol. The van der Waals surface area contributed by atoms with Crippen LogP contribution in [0.5, 0.6) is 5.88 Å². The standard InChI is InChI=1S/C23H17F5N4O2.C2H6/c24-22(25)8-11-32(13-17(22)34-18-6-5-14-3-1-2-4-16(14)30-18)21(33)19-15(23(26,27)28)7-10-31-12-9-29-20(19)31;1-2/h1-7,9-10,12,17H,8,11,13H2;1-2H3. The Morgan fingerprint density at radius 3 is 2.58 bits per heavy atom. The van der Waals surface area contributed by atoms with Crippen molar-refractivity contribution in [3.63, 3.8) is 0 Å². The Morgan fingerprint density at radius 1 is 1.08 bits per heavy atom. The van der Waals surface area contributed by atoms with Crippen LogP contribution >= 0.6 is 0 Å². The van der Waals surface area contributed by atoms with Crippen molar-refractivity contribution in [3.8, 4) is 5.88 Å². The predicted molar refractivity (Wildman–Crippen MR) is 123 cm³/mol. The highest BCUT2D eigenvalue weighted by Gasteiger charge is 2.48. The molecule has 1 unspecified atom stereocenters. The van der Waals surface area contributed by atoms with Gasteiger partial charge in [0.05, 0.1) is 23.2 Å². The number of rotatable bonds is 3. The molecule has 0 saturated carbocycles. The lowest BCUT2D eigenvalue weighted by Gasteiger charge is -2.38. The fourth-order valence-electron chi connectivity index (χ4n) is 4.03. The molecule has 1 amide bonds. The summed E-state index contributed by atoms with van der Waals surface area (Å²) in [7, 11) is 0. The molecule has 1 atom stereocenters. The number of piperidine rings is 1. The summed E-state index contributed by atoms with van der Waals surface area (Å²) in [5.41, 5.74) is -1.53. The number of fused-ring (bicyclic) bond motifs is 2. The van der Waals surface area contributed by atoms with Crippen molar-refractivity contribution < 1.29 is 31.5 Å². The maximum Gasteiger partial charge on any atom is 0.417 e. The number of hydrogen-bond donors (Lipinski definition) is 0. The van der Waals surface area contributed by atoms with Crippen molar-refractivity contribution in [2.75, 3.05) is 13.1 Å². The van der Waals surface area contributed by atoms with Crippen molar-refractivity contribution in [1.29, 1.82) is 0 Å². The third-order valence-electron chi connectivity index (χ3n) is 5.78. The van der Waals surface area contributed by atoms with Crippen molar-refractivity contribution in [2.45, 2.75) is 38.5 Å². The first kappa shape index (κ1) is 25.3. The van der Waals surface area contributed by atoms with Gasteiger partial charge in [-0.05, 0) is 18.2 Å². The molecule has 190 valence electrons. The first-order chi connectivity index (χ1) is 17.1. The van der Waals surface area contributed by atoms with E-state index in [2.05, 4.69) is 9.97 Å². The van der Waals surface area contributed by atoms with Crippen LogP contribution in [0.15, 0.2) is 61.1 Å². The number of aromatic nitrogens is 3. The highest BCUT2D eigenvalue weighted by atomic mass is 19.4. The maximum absolute atomic E-state index is 14.7. The van der Waals surface area contributed by atoms with Crippen molar-refractivity contribution in [3.05, 3.63) is 72.2 Å². The van der Waals surface area contributed by atoms with E-state index in [1.165, 1.54) is 22.9 Å². The molecule has 0 radical (unpaired) electrons. The Balaban J connectivity index is 0.00000148. The SMILES string of the molecule is CC.O=C(c1c(C(F)(F)F)ccn2ccnc12)N1CCC(F)(F)C(Oc2ccc3ccccc3n2)C1. The number of ether oxygens (including phenoxy) is 1. The van der Waals surface area contributed by atoms with E-state index in [4.69, 9.17) is 4.74 Å². The number of carbonyl (C=O) groups is 1. The summed E-state index contributed by atoms with van der Waals surface area (Å²) in [6.45, 7) is 2.95. The Bertz CT molecular complexity index is 1390. The van der Waals surface area contributed by atoms with Gasteiger partial charge in [0, 0.05) is 43.0 Å². The van der Waals surface area contributed by atoms with Gasteiger partial charge in [0.2, 0.25) is 5.88 Å². The topological polar surface area (TPSA) is 59.7 Å². The molecule has 4 aromatic rings. The molecule has 5 rings (SSSR count). The number of benzene rings is 1. The van der Waals surface area contributed by atoms with Crippen molar-refractivity contribution in [1.82, 2.24) is 19.3 Å². The number of imidazole rings is 1. The quantitative estimate of drug-likeness (QED) is 0.327. The largest absolute Gasteiger partial charge is 0.466 e. The zero-order chi connectivity index (χ0) is 26.1. The molecule has 11 heteroatoms. The van der Waals surface area contributed by atoms with Crippen LogP contribution in [0.2, 0.25) is 0 Å². The van der Waals surface area contributed by atoms with E-state index in [0.29, 0.717) is 5.52 Å². The number of likely N-dealkylation sites (tertiary alicyclic amines) is 1. The van der Waals surface area contributed by atoms with Crippen LogP contribution in [0, 0.1) is 0 Å². The van der Waals surface area contributed by atoms with Crippen LogP contribution in [0.1, 0.15) is 36.2 Å². The third kappa shape index (κ3) is 4.82. The van der Waals surface area contributed by atoms with Gasteiger partial charge >= 0.3 is 6.18 Å². The lowest BCUT2D eigenvalue weighted by molar-refractivity contribution is -0.139. The zero-order valence-corrected chi connectivity index (χ0v) is 19.5. The summed E-state index contributed by atoms with van der Waals surface area (Å²) < 4.78 is 77.1. The molecule has 0 N–H and O–H groups in total. The molecule has 1 fully saturated rings. The number of hydrogen-bond acceptors (Lipinski definition) is 4. The first-order valence-electron chi connectivity index (χ1n) is 11.4. The molecule has 0 spiro atoms. The van der Waals surface area contributed by atoms with Crippen LogP contribution in [0.3, 0.4) is 0 Å². The Hall–Kier alpha value is -3.76. The van der Waals surface area contributed by atoms with E-state index in [1.807, 2.05) is 13.8 Å². The van der Waals surface area contributed by atoms with E-state index >= 15 is 0 Å². The molecule has 0 aliphatic carbocycles. The number of amides is 1. The summed E-state index contributed by atoms with van der Waals surface area (Å²) in [5, 5.41) is 0.787. The second-order valence-electron chi connectivity index (χ2n) is 7.97. The van der Waals surface area contributed by atoms with Gasteiger partial charge in [-0.1, -0.05) is 32.0 Å². The molecule has 1 aromatic carbocycles. The fraction of sp³-hybridized carbons (Fsp3) is 0.320. The van der Waals surface area contributed by atoms with E-state index in [-0.39, 0.29) is 11.5 Å². The monoisotopic (exact) mass is 506 g/mol. The zero-order valence-electron chi connectivity index (χ0n) is 19.5. The lowest BCUT2D eigenvalue weighted by atomic mass is 10.0. The number of alkyl halides is 5. The van der Waals surface area contributed by atoms with Crippen molar-refractivity contribution in [2.24, 2.45) is 0 Å². The molecule has 1 saturated heterocycles. The van der Waals surface area contributed by atoms with Crippen LogP contribution < -0.4 is 4.74 Å². The van der Waals surface area contributed by atoms with E-state index in [0.717, 1.165) is 22.5 Å². The lowest BCUT2D eigenvalue weighted by Crippen LogP contribution is -2.55. The highest BCUT2D eigenvalue weighted by molar-refractivity contribution is 6.01. The van der Waals surface area contributed by atoms with Crippen molar-refractivity contribution >= 4 is 22.5 Å². The summed E-state index contributed by atoms with van der Waals surface area (Å²) >= 11 is 0. The normalized spacial score (nSPS) is 17.5. The molecule has 1 aliphatic heterocycles. The minimum atomic E-state index is -4.83. The summed E-state index contributed by atoms with van der Waals surface area (Å²) in [4.78, 5) is 22.3. The third-order valence-corrected chi connectivity index (χ3v) is 5.78. The van der Waals surface area contributed by atoms with Crippen LogP contribution in [0.25, 0.3) is 16.6 Å². The molecule has 4 heterocycles. The van der Waals surface area contributed by atoms with E-state index < -0.39 is 54.7 Å². The van der Waals surface area contributed by atoms with E-state index in [1.54, 1.807) is 30.3 Å². The minimum Gasteiger partial charge on any atom is -0.466 e. The summed E-state index contributed by atoms with van der Waals surface area (Å²) in [5.74, 6) is -4.42. The van der Waals surface area contributed by atoms with Gasteiger partial charge in [-0.3, -0.25) is 4.79 Å². The predicted octanol–water partition coefficient (Wildman–Crippen LogP) is 5.86. The second-order valence-corrected chi connectivity index (χ2v) is 7.97. The first-order valence-corrected chi connectivity index (χ1v) is 11.4. The van der Waals surface area contributed by atoms with Crippen LogP contribution in [-0.2, 0) is 6.18 Å². The summed E-state index contributed by atoms with van der Waals surface area (Å²) in [6, 6.07) is 10.9. The second kappa shape index (κ2) is 9.71. The van der Waals surface area contributed by atoms with Gasteiger partial charge in [-0.2, -0.15) is 13.2 Å². The van der Waals surface area contributed by atoms with Crippen LogP contribution in [-0.4, -0.2) is 50.3 Å². The number of carbonyl (C=O) groups excluding carboxylic acids is 1. The molecule has 1 aliphatic rings. The number of halogens is 5. The molecule has 0 bridgehead atoms. The Morgan fingerprint density at radius 2 is 1.83 bits per heavy atom. The average Bonchev–Trinajstić information content (AvgIpc) is 3.34. The van der Waals surface area contributed by atoms with Gasteiger partial charge in [0.25, 0.3) is 11.8 Å².